The zero-order chi connectivity index (χ0) is 20.5. The topological polar surface area (TPSA) is 81.1 Å². The first-order valence-electron chi connectivity index (χ1n) is 10.2. The Kier molecular flexibility index (Phi) is 5.11. The molecule has 4 aromatic rings. The molecule has 3 aromatic heterocycles. The first-order chi connectivity index (χ1) is 14.7. The number of aromatic nitrogens is 4. The molecule has 3 N–H and O–H groups in total. The first kappa shape index (κ1) is 19.0. The van der Waals surface area contributed by atoms with E-state index in [1.54, 1.807) is 6.20 Å². The highest BCUT2D eigenvalue weighted by Gasteiger charge is 2.20. The Hall–Kier alpha value is -2.96. The summed E-state index contributed by atoms with van der Waals surface area (Å²) in [6, 6.07) is 15.0. The van der Waals surface area contributed by atoms with Crippen LogP contribution in [0.2, 0.25) is 5.02 Å². The quantitative estimate of drug-likeness (QED) is 0.497. The van der Waals surface area contributed by atoms with Gasteiger partial charge < -0.3 is 11.1 Å². The molecule has 1 fully saturated rings. The molecule has 152 valence electrons. The molecule has 1 aromatic carbocycles. The van der Waals surface area contributed by atoms with Gasteiger partial charge in [-0.25, -0.2) is 15.0 Å². The smallest absolute Gasteiger partial charge is 0.223 e. The molecular formula is C23H23ClN6. The van der Waals surface area contributed by atoms with Crippen LogP contribution in [0.1, 0.15) is 25.7 Å². The van der Waals surface area contributed by atoms with Crippen molar-refractivity contribution in [3.05, 3.63) is 66.1 Å². The number of benzene rings is 1. The van der Waals surface area contributed by atoms with Crippen LogP contribution in [0.3, 0.4) is 0 Å². The number of hydrogen-bond acceptors (Lipinski definition) is 5. The molecule has 5 rings (SSSR count). The molecule has 30 heavy (non-hydrogen) atoms. The van der Waals surface area contributed by atoms with E-state index in [9.17, 15) is 0 Å². The lowest BCUT2D eigenvalue weighted by Gasteiger charge is -2.26. The number of nitrogens with two attached hydrogens (primary N) is 1. The van der Waals surface area contributed by atoms with E-state index in [0.717, 1.165) is 48.2 Å². The van der Waals surface area contributed by atoms with Crippen molar-refractivity contribution in [1.82, 2.24) is 19.4 Å². The third-order valence-corrected chi connectivity index (χ3v) is 5.98. The van der Waals surface area contributed by atoms with Crippen molar-refractivity contribution >= 4 is 23.2 Å². The second kappa shape index (κ2) is 8.05. The molecule has 1 saturated carbocycles. The van der Waals surface area contributed by atoms with Crippen molar-refractivity contribution in [3.63, 3.8) is 0 Å². The van der Waals surface area contributed by atoms with Crippen LogP contribution in [-0.4, -0.2) is 31.4 Å². The van der Waals surface area contributed by atoms with E-state index in [2.05, 4.69) is 39.7 Å². The summed E-state index contributed by atoms with van der Waals surface area (Å²) in [6.45, 7) is 0. The number of anilines is 1. The average molecular weight is 419 g/mol. The Labute approximate surface area is 180 Å². The van der Waals surface area contributed by atoms with E-state index < -0.39 is 0 Å². The van der Waals surface area contributed by atoms with E-state index in [1.165, 1.54) is 0 Å². The molecule has 0 radical (unpaired) electrons. The molecule has 0 unspecified atom stereocenters. The maximum Gasteiger partial charge on any atom is 0.223 e. The SMILES string of the molecule is NC1CCC(Nc2ncc(Cl)c(-c3cnc4ccc(-c5ccccc5)cn34)n2)CC1. The number of fused-ring (bicyclic) bond motifs is 1. The molecule has 0 bridgehead atoms. The standard InChI is InChI=1S/C23H23ClN6/c24-19-12-27-23(28-18-9-7-17(25)8-10-18)29-22(19)20-13-26-21-11-6-16(14-30(20)21)15-4-2-1-3-5-15/h1-6,11-14,17-18H,7-10,25H2,(H,27,28,29). The Morgan fingerprint density at radius 2 is 1.73 bits per heavy atom. The van der Waals surface area contributed by atoms with E-state index >= 15 is 0 Å². The van der Waals surface area contributed by atoms with Crippen molar-refractivity contribution in [1.29, 1.82) is 0 Å². The lowest BCUT2D eigenvalue weighted by Crippen LogP contribution is -2.33. The molecule has 0 amide bonds. The zero-order valence-electron chi connectivity index (χ0n) is 16.5. The summed E-state index contributed by atoms with van der Waals surface area (Å²) in [6.07, 6.45) is 9.63. The van der Waals surface area contributed by atoms with Crippen molar-refractivity contribution < 1.29 is 0 Å². The average Bonchev–Trinajstić information content (AvgIpc) is 3.20. The summed E-state index contributed by atoms with van der Waals surface area (Å²) >= 11 is 6.50. The largest absolute Gasteiger partial charge is 0.351 e. The van der Waals surface area contributed by atoms with Crippen LogP contribution < -0.4 is 11.1 Å². The Balaban J connectivity index is 1.50. The zero-order valence-corrected chi connectivity index (χ0v) is 17.3. The Morgan fingerprint density at radius 3 is 2.53 bits per heavy atom. The van der Waals surface area contributed by atoms with Crippen LogP contribution in [0, 0.1) is 0 Å². The number of nitrogens with one attached hydrogen (secondary N) is 1. The van der Waals surface area contributed by atoms with Gasteiger partial charge >= 0.3 is 0 Å². The molecule has 0 spiro atoms. The van der Waals surface area contributed by atoms with Gasteiger partial charge in [0, 0.05) is 18.3 Å². The van der Waals surface area contributed by atoms with Crippen LogP contribution in [-0.2, 0) is 0 Å². The van der Waals surface area contributed by atoms with E-state index in [-0.39, 0.29) is 0 Å². The van der Waals surface area contributed by atoms with Gasteiger partial charge in [0.25, 0.3) is 0 Å². The predicted octanol–water partition coefficient (Wildman–Crippen LogP) is 4.79. The Morgan fingerprint density at radius 1 is 0.933 bits per heavy atom. The van der Waals surface area contributed by atoms with Gasteiger partial charge in [-0.05, 0) is 48.9 Å². The first-order valence-corrected chi connectivity index (χ1v) is 10.6. The van der Waals surface area contributed by atoms with Gasteiger partial charge in [-0.15, -0.1) is 0 Å². The van der Waals surface area contributed by atoms with Crippen molar-refractivity contribution in [3.8, 4) is 22.5 Å². The highest BCUT2D eigenvalue weighted by Crippen LogP contribution is 2.29. The molecule has 7 heteroatoms. The second-order valence-electron chi connectivity index (χ2n) is 7.80. The lowest BCUT2D eigenvalue weighted by atomic mass is 9.92. The summed E-state index contributed by atoms with van der Waals surface area (Å²) < 4.78 is 2.03. The molecule has 3 heterocycles. The summed E-state index contributed by atoms with van der Waals surface area (Å²) in [4.78, 5) is 13.7. The number of imidazole rings is 1. The number of nitrogens with zero attached hydrogens (tertiary/aromatic N) is 4. The predicted molar refractivity (Wildman–Crippen MR) is 121 cm³/mol. The summed E-state index contributed by atoms with van der Waals surface area (Å²) in [5, 5.41) is 3.95. The normalized spacial score (nSPS) is 19.1. The van der Waals surface area contributed by atoms with Crippen molar-refractivity contribution in [2.75, 3.05) is 5.32 Å². The summed E-state index contributed by atoms with van der Waals surface area (Å²) in [5.74, 6) is 0.587. The molecule has 6 nitrogen and oxygen atoms in total. The fourth-order valence-corrected chi connectivity index (χ4v) is 4.21. The van der Waals surface area contributed by atoms with E-state index in [0.29, 0.717) is 28.7 Å². The number of hydrogen-bond donors (Lipinski definition) is 2. The van der Waals surface area contributed by atoms with Gasteiger partial charge in [0.05, 0.1) is 23.1 Å². The highest BCUT2D eigenvalue weighted by molar-refractivity contribution is 6.32. The van der Waals surface area contributed by atoms with Gasteiger partial charge in [-0.1, -0.05) is 41.9 Å². The maximum absolute atomic E-state index is 6.50. The van der Waals surface area contributed by atoms with Gasteiger partial charge in [0.1, 0.15) is 11.3 Å². The van der Waals surface area contributed by atoms with Crippen molar-refractivity contribution in [2.45, 2.75) is 37.8 Å². The number of halogens is 1. The molecule has 1 aliphatic carbocycles. The third kappa shape index (κ3) is 3.76. The maximum atomic E-state index is 6.50. The number of pyridine rings is 1. The van der Waals surface area contributed by atoms with Crippen LogP contribution in [0.15, 0.2) is 61.1 Å². The third-order valence-electron chi connectivity index (χ3n) is 5.70. The van der Waals surface area contributed by atoms with Crippen LogP contribution in [0.5, 0.6) is 0 Å². The van der Waals surface area contributed by atoms with E-state index in [1.807, 2.05) is 34.9 Å². The van der Waals surface area contributed by atoms with E-state index in [4.69, 9.17) is 22.3 Å². The molecule has 0 atom stereocenters. The van der Waals surface area contributed by atoms with Gasteiger partial charge in [-0.3, -0.25) is 4.40 Å². The Bertz CT molecular complexity index is 1170. The molecular weight excluding hydrogens is 396 g/mol. The van der Waals surface area contributed by atoms with Gasteiger partial charge in [-0.2, -0.15) is 0 Å². The summed E-state index contributed by atoms with van der Waals surface area (Å²) in [7, 11) is 0. The fraction of sp³-hybridized carbons (Fsp3) is 0.261. The minimum Gasteiger partial charge on any atom is -0.351 e. The summed E-state index contributed by atoms with van der Waals surface area (Å²) in [5.41, 5.74) is 10.6. The monoisotopic (exact) mass is 418 g/mol. The highest BCUT2D eigenvalue weighted by atomic mass is 35.5. The van der Waals surface area contributed by atoms with Crippen molar-refractivity contribution in [2.24, 2.45) is 5.73 Å². The lowest BCUT2D eigenvalue weighted by molar-refractivity contribution is 0.410. The fourth-order valence-electron chi connectivity index (χ4n) is 4.02. The van der Waals surface area contributed by atoms with Gasteiger partial charge in [0.2, 0.25) is 5.95 Å². The second-order valence-corrected chi connectivity index (χ2v) is 8.21. The van der Waals surface area contributed by atoms with Crippen LogP contribution in [0.25, 0.3) is 28.2 Å². The van der Waals surface area contributed by atoms with Gasteiger partial charge in [0.15, 0.2) is 0 Å². The molecule has 1 aliphatic rings. The van der Waals surface area contributed by atoms with Crippen LogP contribution in [0.4, 0.5) is 5.95 Å². The van der Waals surface area contributed by atoms with Crippen LogP contribution >= 0.6 is 11.6 Å². The molecule has 0 aliphatic heterocycles. The number of rotatable bonds is 4. The minimum atomic E-state index is 0.307. The molecule has 0 saturated heterocycles. The minimum absolute atomic E-state index is 0.307.